The number of hydrogen-bond donors (Lipinski definition) is 0. The zero-order chi connectivity index (χ0) is 21.1. The van der Waals surface area contributed by atoms with Crippen molar-refractivity contribution in [3.63, 3.8) is 0 Å². The Morgan fingerprint density at radius 1 is 0.710 bits per heavy atom. The Kier molecular flexibility index (Phi) is 8.14. The van der Waals surface area contributed by atoms with Gasteiger partial charge in [-0.15, -0.1) is 0 Å². The van der Waals surface area contributed by atoms with Gasteiger partial charge in [0, 0.05) is 18.8 Å². The van der Waals surface area contributed by atoms with Crippen LogP contribution in [0.1, 0.15) is 30.4 Å². The minimum atomic E-state index is 0.382. The van der Waals surface area contributed by atoms with Crippen molar-refractivity contribution in [2.45, 2.75) is 38.5 Å². The number of para-hydroxylation sites is 1. The fourth-order valence-corrected chi connectivity index (χ4v) is 4.40. The van der Waals surface area contributed by atoms with Crippen LogP contribution < -0.4 is 4.90 Å². The minimum absolute atomic E-state index is 0.382. The predicted molar refractivity (Wildman–Crippen MR) is 129 cm³/mol. The lowest BCUT2D eigenvalue weighted by molar-refractivity contribution is 0.0444. The summed E-state index contributed by atoms with van der Waals surface area (Å²) >= 11 is 0. The molecule has 0 N–H and O–H groups in total. The van der Waals surface area contributed by atoms with Crippen molar-refractivity contribution in [2.75, 3.05) is 31.1 Å². The highest BCUT2D eigenvalue weighted by atomic mass is 16.5. The summed E-state index contributed by atoms with van der Waals surface area (Å²) < 4.78 is 6.25. The van der Waals surface area contributed by atoms with E-state index in [1.807, 2.05) is 0 Å². The lowest BCUT2D eigenvalue weighted by Crippen LogP contribution is -2.48. The first-order chi connectivity index (χ1) is 15.4. The molecule has 1 aliphatic rings. The van der Waals surface area contributed by atoms with Gasteiger partial charge < -0.3 is 9.64 Å². The number of anilines is 1. The van der Waals surface area contributed by atoms with Crippen molar-refractivity contribution in [3.05, 3.63) is 102 Å². The summed E-state index contributed by atoms with van der Waals surface area (Å²) in [4.78, 5) is 5.16. The number of benzene rings is 3. The fraction of sp³-hybridized carbons (Fsp3) is 0.357. The Balaban J connectivity index is 1.48. The van der Waals surface area contributed by atoms with Crippen LogP contribution in [0.3, 0.4) is 0 Å². The highest BCUT2D eigenvalue weighted by molar-refractivity contribution is 5.47. The highest BCUT2D eigenvalue weighted by Gasteiger charge is 2.24. The molecule has 3 aromatic carbocycles. The molecule has 0 radical (unpaired) electrons. The average Bonchev–Trinajstić information content (AvgIpc) is 2.85. The van der Waals surface area contributed by atoms with Crippen LogP contribution in [0.2, 0.25) is 0 Å². The smallest absolute Gasteiger partial charge is 0.0717 e. The van der Waals surface area contributed by atoms with Crippen molar-refractivity contribution < 1.29 is 4.74 Å². The summed E-state index contributed by atoms with van der Waals surface area (Å²) in [6, 6.07) is 32.5. The van der Waals surface area contributed by atoms with Gasteiger partial charge in [0.2, 0.25) is 0 Å². The van der Waals surface area contributed by atoms with E-state index in [1.54, 1.807) is 0 Å². The number of piperidine rings is 1. The molecular formula is C28H34N2O. The molecule has 3 nitrogen and oxygen atoms in total. The number of hydrogen-bond acceptors (Lipinski definition) is 3. The number of likely N-dealkylation sites (tertiary alicyclic amines) is 1. The summed E-state index contributed by atoms with van der Waals surface area (Å²) in [5.41, 5.74) is 3.86. The first kappa shape index (κ1) is 21.6. The van der Waals surface area contributed by atoms with Crippen molar-refractivity contribution >= 4 is 5.69 Å². The van der Waals surface area contributed by atoms with Crippen molar-refractivity contribution in [1.29, 1.82) is 0 Å². The maximum atomic E-state index is 6.25. The second-order valence-corrected chi connectivity index (χ2v) is 8.45. The van der Waals surface area contributed by atoms with Crippen LogP contribution in [0.15, 0.2) is 91.0 Å². The molecule has 4 rings (SSSR count). The number of rotatable bonds is 10. The van der Waals surface area contributed by atoms with Crippen molar-refractivity contribution in [3.8, 4) is 0 Å². The summed E-state index contributed by atoms with van der Waals surface area (Å²) in [5, 5.41) is 0. The third kappa shape index (κ3) is 6.68. The molecule has 1 aliphatic heterocycles. The fourth-order valence-electron chi connectivity index (χ4n) is 4.40. The molecule has 1 unspecified atom stereocenters. The summed E-state index contributed by atoms with van der Waals surface area (Å²) in [7, 11) is 0. The molecule has 1 heterocycles. The maximum Gasteiger partial charge on any atom is 0.0717 e. The highest BCUT2D eigenvalue weighted by Crippen LogP contribution is 2.21. The van der Waals surface area contributed by atoms with E-state index in [2.05, 4.69) is 101 Å². The molecular weight excluding hydrogens is 380 g/mol. The molecule has 0 amide bonds. The van der Waals surface area contributed by atoms with Crippen LogP contribution in [-0.2, 0) is 17.9 Å². The van der Waals surface area contributed by atoms with E-state index in [1.165, 1.54) is 49.2 Å². The number of nitrogens with zero attached hydrogens (tertiary/aromatic N) is 2. The van der Waals surface area contributed by atoms with Crippen molar-refractivity contribution in [2.24, 2.45) is 0 Å². The van der Waals surface area contributed by atoms with Gasteiger partial charge in [0.05, 0.1) is 19.3 Å². The van der Waals surface area contributed by atoms with Gasteiger partial charge in [0.1, 0.15) is 0 Å². The van der Waals surface area contributed by atoms with E-state index in [0.29, 0.717) is 12.6 Å². The molecule has 3 heteroatoms. The Morgan fingerprint density at radius 2 is 1.29 bits per heavy atom. The molecule has 1 fully saturated rings. The van der Waals surface area contributed by atoms with Crippen LogP contribution in [0.25, 0.3) is 0 Å². The van der Waals surface area contributed by atoms with Crippen LogP contribution in [-0.4, -0.2) is 37.2 Å². The van der Waals surface area contributed by atoms with E-state index in [-0.39, 0.29) is 0 Å². The normalized spacial score (nSPS) is 15.5. The zero-order valence-corrected chi connectivity index (χ0v) is 18.4. The van der Waals surface area contributed by atoms with Gasteiger partial charge in [-0.1, -0.05) is 85.3 Å². The third-order valence-corrected chi connectivity index (χ3v) is 6.10. The lowest BCUT2D eigenvalue weighted by atomic mass is 10.1. The topological polar surface area (TPSA) is 15.7 Å². The van der Waals surface area contributed by atoms with Gasteiger partial charge in [-0.25, -0.2) is 0 Å². The standard InChI is InChI=1S/C28H34N2O/c1-5-13-25(14-6-1)21-30(27-17-9-3-10-18-27)22-28(29-19-11-4-12-20-29)24-31-23-26-15-7-2-8-16-26/h1-3,5-10,13-18,28H,4,11-12,19-24H2. The molecule has 3 aromatic rings. The second-order valence-electron chi connectivity index (χ2n) is 8.45. The molecule has 1 atom stereocenters. The summed E-state index contributed by atoms with van der Waals surface area (Å²) in [6.07, 6.45) is 3.93. The largest absolute Gasteiger partial charge is 0.375 e. The van der Waals surface area contributed by atoms with Gasteiger partial charge in [0.25, 0.3) is 0 Å². The molecule has 0 aromatic heterocycles. The van der Waals surface area contributed by atoms with Gasteiger partial charge in [-0.05, 0) is 49.2 Å². The first-order valence-corrected chi connectivity index (χ1v) is 11.6. The van der Waals surface area contributed by atoms with Crippen LogP contribution in [0, 0.1) is 0 Å². The zero-order valence-electron chi connectivity index (χ0n) is 18.4. The maximum absolute atomic E-state index is 6.25. The molecule has 0 spiro atoms. The monoisotopic (exact) mass is 414 g/mol. The van der Waals surface area contributed by atoms with Crippen molar-refractivity contribution in [1.82, 2.24) is 4.90 Å². The van der Waals surface area contributed by atoms with E-state index >= 15 is 0 Å². The quantitative estimate of drug-likeness (QED) is 0.419. The Hall–Kier alpha value is -2.62. The SMILES string of the molecule is c1ccc(COCC(CN(Cc2ccccc2)c2ccccc2)N2CCCCC2)cc1. The molecule has 0 bridgehead atoms. The van der Waals surface area contributed by atoms with Gasteiger partial charge in [-0.3, -0.25) is 4.90 Å². The Bertz CT molecular complexity index is 863. The molecule has 1 saturated heterocycles. The molecule has 162 valence electrons. The van der Waals surface area contributed by atoms with Gasteiger partial charge in [-0.2, -0.15) is 0 Å². The Labute approximate surface area is 187 Å². The number of ether oxygens (including phenoxy) is 1. The molecule has 0 saturated carbocycles. The van der Waals surface area contributed by atoms with Crippen LogP contribution in [0.5, 0.6) is 0 Å². The van der Waals surface area contributed by atoms with E-state index in [9.17, 15) is 0 Å². The van der Waals surface area contributed by atoms with E-state index in [0.717, 1.165) is 19.7 Å². The van der Waals surface area contributed by atoms with Gasteiger partial charge >= 0.3 is 0 Å². The summed E-state index contributed by atoms with van der Waals surface area (Å²) in [5.74, 6) is 0. The van der Waals surface area contributed by atoms with E-state index in [4.69, 9.17) is 4.74 Å². The van der Waals surface area contributed by atoms with Crippen LogP contribution in [0.4, 0.5) is 5.69 Å². The predicted octanol–water partition coefficient (Wildman–Crippen LogP) is 5.76. The molecule has 31 heavy (non-hydrogen) atoms. The first-order valence-electron chi connectivity index (χ1n) is 11.6. The second kappa shape index (κ2) is 11.7. The average molecular weight is 415 g/mol. The third-order valence-electron chi connectivity index (χ3n) is 6.10. The summed E-state index contributed by atoms with van der Waals surface area (Å²) in [6.45, 7) is 5.66. The van der Waals surface area contributed by atoms with E-state index < -0.39 is 0 Å². The van der Waals surface area contributed by atoms with Crippen LogP contribution >= 0.6 is 0 Å². The minimum Gasteiger partial charge on any atom is -0.375 e. The van der Waals surface area contributed by atoms with Gasteiger partial charge in [0.15, 0.2) is 0 Å². The lowest BCUT2D eigenvalue weighted by Gasteiger charge is -2.38. The molecule has 0 aliphatic carbocycles. The Morgan fingerprint density at radius 3 is 1.94 bits per heavy atom.